The van der Waals surface area contributed by atoms with E-state index in [0.717, 1.165) is 18.4 Å². The number of aromatic amines is 1. The van der Waals surface area contributed by atoms with Crippen LogP contribution in [0.25, 0.3) is 11.1 Å². The van der Waals surface area contributed by atoms with Crippen LogP contribution in [0.1, 0.15) is 25.3 Å². The second kappa shape index (κ2) is 7.03. The lowest BCUT2D eigenvalue weighted by Crippen LogP contribution is -2.16. The van der Waals surface area contributed by atoms with Crippen LogP contribution in [-0.4, -0.2) is 30.3 Å². The summed E-state index contributed by atoms with van der Waals surface area (Å²) in [7, 11) is 1.55. The Kier molecular flexibility index (Phi) is 5.10. The number of hydrogen-bond donors (Lipinski definition) is 1. The molecule has 114 valence electrons. The minimum atomic E-state index is -0.620. The molecule has 2 heterocycles. The summed E-state index contributed by atoms with van der Waals surface area (Å²) >= 11 is 0. The number of ether oxygens (including phenoxy) is 2. The van der Waals surface area contributed by atoms with Crippen molar-refractivity contribution in [1.82, 2.24) is 9.97 Å². The first-order valence-corrected chi connectivity index (χ1v) is 6.84. The highest BCUT2D eigenvalue weighted by molar-refractivity contribution is 5.82. The molecule has 0 aromatic carbocycles. The Morgan fingerprint density at radius 2 is 2.14 bits per heavy atom. The fraction of sp³-hybridized carbons (Fsp3) is 0.500. The van der Waals surface area contributed by atoms with Gasteiger partial charge in [-0.25, -0.2) is 9.59 Å². The topological polar surface area (TPSA) is 94.4 Å². The van der Waals surface area contributed by atoms with Crippen molar-refractivity contribution >= 4 is 11.1 Å². The van der Waals surface area contributed by atoms with Crippen LogP contribution in [-0.2, 0) is 11.2 Å². The first kappa shape index (κ1) is 15.2. The van der Waals surface area contributed by atoms with Gasteiger partial charge in [0.25, 0.3) is 0 Å². The Morgan fingerprint density at radius 1 is 1.33 bits per heavy atom. The maximum Gasteiger partial charge on any atom is 0.351 e. The van der Waals surface area contributed by atoms with E-state index in [-0.39, 0.29) is 18.2 Å². The molecule has 2 aromatic heterocycles. The van der Waals surface area contributed by atoms with Crippen LogP contribution < -0.4 is 16.1 Å². The van der Waals surface area contributed by atoms with Gasteiger partial charge < -0.3 is 13.9 Å². The molecule has 0 aliphatic carbocycles. The first-order valence-electron chi connectivity index (χ1n) is 6.84. The van der Waals surface area contributed by atoms with Crippen LogP contribution in [0.5, 0.6) is 5.88 Å². The van der Waals surface area contributed by atoms with Crippen LogP contribution in [0.15, 0.2) is 20.1 Å². The van der Waals surface area contributed by atoms with Crippen molar-refractivity contribution in [2.24, 2.45) is 0 Å². The van der Waals surface area contributed by atoms with E-state index in [9.17, 15) is 9.59 Å². The van der Waals surface area contributed by atoms with Crippen molar-refractivity contribution in [3.8, 4) is 5.88 Å². The Bertz CT molecular complexity index is 714. The third-order valence-corrected chi connectivity index (χ3v) is 3.01. The summed E-state index contributed by atoms with van der Waals surface area (Å²) in [4.78, 5) is 29.4. The van der Waals surface area contributed by atoms with Crippen molar-refractivity contribution in [2.75, 3.05) is 20.3 Å². The summed E-state index contributed by atoms with van der Waals surface area (Å²) in [6.07, 6.45) is 2.58. The molecule has 21 heavy (non-hydrogen) atoms. The fourth-order valence-corrected chi connectivity index (χ4v) is 2.03. The smallest absolute Gasteiger partial charge is 0.351 e. The minimum Gasteiger partial charge on any atom is -0.475 e. The van der Waals surface area contributed by atoms with Gasteiger partial charge in [-0.15, -0.1) is 0 Å². The maximum absolute atomic E-state index is 11.6. The number of H-pyrrole nitrogens is 1. The van der Waals surface area contributed by atoms with Crippen molar-refractivity contribution in [2.45, 2.75) is 26.2 Å². The number of nitrogens with zero attached hydrogens (tertiary/aromatic N) is 1. The van der Waals surface area contributed by atoms with Crippen LogP contribution in [0.2, 0.25) is 0 Å². The third-order valence-electron chi connectivity index (χ3n) is 3.01. The highest BCUT2D eigenvalue weighted by atomic mass is 16.5. The SMILES string of the molecule is CCCCc1cc(=O)oc2[nH]c(=O)nc(OCCOC)c12. The second-order valence-electron chi connectivity index (χ2n) is 4.59. The molecule has 0 saturated heterocycles. The minimum absolute atomic E-state index is 0.0982. The zero-order valence-corrected chi connectivity index (χ0v) is 12.1. The van der Waals surface area contributed by atoms with Gasteiger partial charge in [-0.05, 0) is 18.4 Å². The summed E-state index contributed by atoms with van der Waals surface area (Å²) in [6.45, 7) is 2.69. The summed E-state index contributed by atoms with van der Waals surface area (Å²) in [5.74, 6) is 0.167. The van der Waals surface area contributed by atoms with Crippen molar-refractivity contribution in [3.63, 3.8) is 0 Å². The van der Waals surface area contributed by atoms with E-state index in [2.05, 4.69) is 16.9 Å². The monoisotopic (exact) mass is 294 g/mol. The molecule has 7 heteroatoms. The number of methoxy groups -OCH3 is 1. The van der Waals surface area contributed by atoms with Gasteiger partial charge in [-0.3, -0.25) is 4.98 Å². The largest absolute Gasteiger partial charge is 0.475 e. The van der Waals surface area contributed by atoms with Gasteiger partial charge in [-0.1, -0.05) is 13.3 Å². The number of aryl methyl sites for hydroxylation is 1. The molecule has 0 spiro atoms. The number of hydrogen-bond acceptors (Lipinski definition) is 6. The Balaban J connectivity index is 2.54. The molecule has 0 amide bonds. The molecule has 0 aliphatic heterocycles. The summed E-state index contributed by atoms with van der Waals surface area (Å²) in [6, 6.07) is 1.42. The number of unbranched alkanes of at least 4 members (excludes halogenated alkanes) is 1. The van der Waals surface area contributed by atoms with Crippen LogP contribution >= 0.6 is 0 Å². The quantitative estimate of drug-likeness (QED) is 0.772. The molecule has 2 aromatic rings. The van der Waals surface area contributed by atoms with Gasteiger partial charge in [0.15, 0.2) is 0 Å². The Labute approximate surface area is 120 Å². The van der Waals surface area contributed by atoms with Gasteiger partial charge >= 0.3 is 11.3 Å². The summed E-state index contributed by atoms with van der Waals surface area (Å²) in [5.41, 5.74) is -0.260. The van der Waals surface area contributed by atoms with Crippen molar-refractivity contribution < 1.29 is 13.9 Å². The fourth-order valence-electron chi connectivity index (χ4n) is 2.03. The Hall–Kier alpha value is -2.15. The molecule has 1 N–H and O–H groups in total. The highest BCUT2D eigenvalue weighted by Crippen LogP contribution is 2.24. The molecule has 0 atom stereocenters. The maximum atomic E-state index is 11.6. The highest BCUT2D eigenvalue weighted by Gasteiger charge is 2.14. The molecular weight excluding hydrogens is 276 g/mol. The van der Waals surface area contributed by atoms with Crippen molar-refractivity contribution in [1.29, 1.82) is 0 Å². The van der Waals surface area contributed by atoms with Gasteiger partial charge in [0.05, 0.1) is 6.61 Å². The van der Waals surface area contributed by atoms with Crippen LogP contribution in [0.3, 0.4) is 0 Å². The predicted molar refractivity (Wildman–Crippen MR) is 76.9 cm³/mol. The zero-order chi connectivity index (χ0) is 15.2. The predicted octanol–water partition coefficient (Wildman–Crippen LogP) is 1.24. The van der Waals surface area contributed by atoms with Gasteiger partial charge in [0.2, 0.25) is 11.6 Å². The summed E-state index contributed by atoms with van der Waals surface area (Å²) in [5, 5.41) is 0.541. The van der Waals surface area contributed by atoms with Crippen molar-refractivity contribution in [3.05, 3.63) is 32.5 Å². The van der Waals surface area contributed by atoms with Crippen LogP contribution in [0, 0.1) is 0 Å². The number of nitrogens with one attached hydrogen (secondary N) is 1. The zero-order valence-electron chi connectivity index (χ0n) is 12.1. The molecule has 0 bridgehead atoms. The molecule has 0 aliphatic rings. The van der Waals surface area contributed by atoms with E-state index in [0.29, 0.717) is 18.4 Å². The van der Waals surface area contributed by atoms with Gasteiger partial charge in [0.1, 0.15) is 12.0 Å². The third kappa shape index (κ3) is 3.69. The molecule has 0 fully saturated rings. The van der Waals surface area contributed by atoms with E-state index in [1.807, 2.05) is 0 Å². The molecule has 0 saturated carbocycles. The normalized spacial score (nSPS) is 11.0. The van der Waals surface area contributed by atoms with E-state index < -0.39 is 11.3 Å². The van der Waals surface area contributed by atoms with E-state index in [1.54, 1.807) is 7.11 Å². The first-order chi connectivity index (χ1) is 10.2. The lowest BCUT2D eigenvalue weighted by molar-refractivity contribution is 0.144. The number of rotatable bonds is 7. The number of aromatic nitrogens is 2. The molecule has 0 unspecified atom stereocenters. The second-order valence-corrected chi connectivity index (χ2v) is 4.59. The molecular formula is C14H18N2O5. The lowest BCUT2D eigenvalue weighted by Gasteiger charge is -2.09. The lowest BCUT2D eigenvalue weighted by atomic mass is 10.1. The van der Waals surface area contributed by atoms with E-state index >= 15 is 0 Å². The van der Waals surface area contributed by atoms with Crippen LogP contribution in [0.4, 0.5) is 0 Å². The molecule has 7 nitrogen and oxygen atoms in total. The van der Waals surface area contributed by atoms with E-state index in [4.69, 9.17) is 13.9 Å². The molecule has 0 radical (unpaired) electrons. The molecule has 2 rings (SSSR count). The average molecular weight is 294 g/mol. The van der Waals surface area contributed by atoms with Gasteiger partial charge in [0, 0.05) is 13.2 Å². The van der Waals surface area contributed by atoms with Gasteiger partial charge in [-0.2, -0.15) is 4.98 Å². The number of fused-ring (bicyclic) bond motifs is 1. The average Bonchev–Trinajstić information content (AvgIpc) is 2.44. The Morgan fingerprint density at radius 3 is 2.86 bits per heavy atom. The van der Waals surface area contributed by atoms with E-state index in [1.165, 1.54) is 6.07 Å². The standard InChI is InChI=1S/C14H18N2O5/c1-3-4-5-9-8-10(17)21-13-11(9)12(15-14(18)16-13)20-7-6-19-2/h8H,3-7H2,1-2H3,(H,15,16,18). The summed E-state index contributed by atoms with van der Waals surface area (Å²) < 4.78 is 15.4.